The van der Waals surface area contributed by atoms with Crippen LogP contribution in [0.2, 0.25) is 0 Å². The molecule has 0 saturated carbocycles. The predicted molar refractivity (Wildman–Crippen MR) is 100.0 cm³/mol. The molecule has 0 unspecified atom stereocenters. The highest BCUT2D eigenvalue weighted by atomic mass is 32.2. The summed E-state index contributed by atoms with van der Waals surface area (Å²) in [4.78, 5) is 13.0. The Bertz CT molecular complexity index is 803. The van der Waals surface area contributed by atoms with Gasteiger partial charge in [-0.1, -0.05) is 36.0 Å². The van der Waals surface area contributed by atoms with Gasteiger partial charge in [-0.3, -0.25) is 4.79 Å². The number of carbonyl (C=O) groups is 1. The van der Waals surface area contributed by atoms with Crippen molar-refractivity contribution in [3.63, 3.8) is 0 Å². The smallest absolute Gasteiger partial charge is 0.230 e. The molecule has 25 heavy (non-hydrogen) atoms. The SMILES string of the molecule is Cn1c(SCC(=O)NCCOc2ccccc2)nnc1-c1cccs1. The fraction of sp³-hybridized carbons (Fsp3) is 0.235. The standard InChI is InChI=1S/C17H18N4O2S2/c1-21-16(14-8-5-11-24-14)19-20-17(21)25-12-15(22)18-9-10-23-13-6-3-2-4-7-13/h2-8,11H,9-10,12H2,1H3,(H,18,22). The van der Waals surface area contributed by atoms with Crippen LogP contribution in [0, 0.1) is 0 Å². The summed E-state index contributed by atoms with van der Waals surface area (Å²) >= 11 is 2.98. The molecule has 0 aliphatic heterocycles. The number of nitrogens with one attached hydrogen (secondary N) is 1. The van der Waals surface area contributed by atoms with Crippen molar-refractivity contribution >= 4 is 29.0 Å². The van der Waals surface area contributed by atoms with E-state index in [0.29, 0.717) is 18.9 Å². The molecule has 3 aromatic rings. The first kappa shape index (κ1) is 17.5. The van der Waals surface area contributed by atoms with Crippen LogP contribution in [0.3, 0.4) is 0 Å². The average molecular weight is 374 g/mol. The minimum absolute atomic E-state index is 0.0534. The molecule has 0 aliphatic rings. The van der Waals surface area contributed by atoms with Crippen LogP contribution in [0.25, 0.3) is 10.7 Å². The van der Waals surface area contributed by atoms with E-state index < -0.39 is 0 Å². The Labute approximate surface area is 154 Å². The molecule has 1 amide bonds. The van der Waals surface area contributed by atoms with Crippen LogP contribution in [0.15, 0.2) is 53.0 Å². The van der Waals surface area contributed by atoms with Gasteiger partial charge in [-0.05, 0) is 23.6 Å². The molecule has 130 valence electrons. The van der Waals surface area contributed by atoms with Gasteiger partial charge in [-0.2, -0.15) is 0 Å². The van der Waals surface area contributed by atoms with Crippen LogP contribution in [-0.4, -0.2) is 39.6 Å². The third kappa shape index (κ3) is 4.83. The summed E-state index contributed by atoms with van der Waals surface area (Å²) in [6, 6.07) is 13.5. The van der Waals surface area contributed by atoms with E-state index in [2.05, 4.69) is 15.5 Å². The lowest BCUT2D eigenvalue weighted by atomic mass is 10.3. The van der Waals surface area contributed by atoms with E-state index in [4.69, 9.17) is 4.74 Å². The minimum atomic E-state index is -0.0534. The number of benzene rings is 1. The first-order valence-corrected chi connectivity index (χ1v) is 9.61. The van der Waals surface area contributed by atoms with Crippen molar-refractivity contribution in [1.82, 2.24) is 20.1 Å². The molecule has 2 aromatic heterocycles. The van der Waals surface area contributed by atoms with Crippen molar-refractivity contribution in [2.24, 2.45) is 7.05 Å². The molecule has 8 heteroatoms. The summed E-state index contributed by atoms with van der Waals surface area (Å²) in [5.41, 5.74) is 0. The number of amides is 1. The Balaban J connectivity index is 1.41. The average Bonchev–Trinajstić information content (AvgIpc) is 3.27. The third-order valence-electron chi connectivity index (χ3n) is 3.34. The Morgan fingerprint density at radius 2 is 2.08 bits per heavy atom. The largest absolute Gasteiger partial charge is 0.492 e. The molecule has 6 nitrogen and oxygen atoms in total. The molecular weight excluding hydrogens is 356 g/mol. The van der Waals surface area contributed by atoms with E-state index in [1.165, 1.54) is 11.8 Å². The zero-order valence-corrected chi connectivity index (χ0v) is 15.3. The molecule has 0 aliphatic carbocycles. The molecule has 1 N–H and O–H groups in total. The Kier molecular flexibility index (Phi) is 6.08. The molecule has 0 saturated heterocycles. The second-order valence-electron chi connectivity index (χ2n) is 5.14. The molecule has 0 bridgehead atoms. The number of nitrogens with zero attached hydrogens (tertiary/aromatic N) is 3. The quantitative estimate of drug-likeness (QED) is 0.485. The summed E-state index contributed by atoms with van der Waals surface area (Å²) in [5, 5.41) is 13.9. The van der Waals surface area contributed by atoms with E-state index in [-0.39, 0.29) is 5.91 Å². The van der Waals surface area contributed by atoms with E-state index in [1.807, 2.05) is 59.5 Å². The molecule has 0 fully saturated rings. The van der Waals surface area contributed by atoms with E-state index in [1.54, 1.807) is 11.3 Å². The van der Waals surface area contributed by atoms with Gasteiger partial charge in [0.25, 0.3) is 0 Å². The first-order chi connectivity index (χ1) is 12.2. The van der Waals surface area contributed by atoms with Gasteiger partial charge >= 0.3 is 0 Å². The number of hydrogen-bond acceptors (Lipinski definition) is 6. The molecule has 1 aromatic carbocycles. The highest BCUT2D eigenvalue weighted by Gasteiger charge is 2.13. The number of rotatable bonds is 8. The lowest BCUT2D eigenvalue weighted by Gasteiger charge is -2.07. The fourth-order valence-electron chi connectivity index (χ4n) is 2.12. The van der Waals surface area contributed by atoms with E-state index >= 15 is 0 Å². The first-order valence-electron chi connectivity index (χ1n) is 7.74. The van der Waals surface area contributed by atoms with Crippen LogP contribution in [0.5, 0.6) is 5.75 Å². The van der Waals surface area contributed by atoms with E-state index in [9.17, 15) is 4.79 Å². The summed E-state index contributed by atoms with van der Waals surface area (Å²) < 4.78 is 7.44. The Hall–Kier alpha value is -2.32. The van der Waals surface area contributed by atoms with Gasteiger partial charge in [0.05, 0.1) is 17.2 Å². The molecule has 0 radical (unpaired) electrons. The van der Waals surface area contributed by atoms with Gasteiger partial charge in [-0.15, -0.1) is 21.5 Å². The molecule has 0 atom stereocenters. The monoisotopic (exact) mass is 374 g/mol. The molecule has 2 heterocycles. The van der Waals surface area contributed by atoms with Crippen LogP contribution in [-0.2, 0) is 11.8 Å². The maximum absolute atomic E-state index is 11.9. The van der Waals surface area contributed by atoms with Gasteiger partial charge < -0.3 is 14.6 Å². The molecule has 0 spiro atoms. The minimum Gasteiger partial charge on any atom is -0.492 e. The Morgan fingerprint density at radius 1 is 1.24 bits per heavy atom. The second-order valence-corrected chi connectivity index (χ2v) is 7.03. The fourth-order valence-corrected chi connectivity index (χ4v) is 3.60. The van der Waals surface area contributed by atoms with Crippen molar-refractivity contribution in [1.29, 1.82) is 0 Å². The van der Waals surface area contributed by atoms with Gasteiger partial charge in [0.15, 0.2) is 11.0 Å². The van der Waals surface area contributed by atoms with Gasteiger partial charge in [0, 0.05) is 7.05 Å². The number of carbonyl (C=O) groups excluding carboxylic acids is 1. The summed E-state index contributed by atoms with van der Waals surface area (Å²) in [6.07, 6.45) is 0. The lowest BCUT2D eigenvalue weighted by molar-refractivity contribution is -0.118. The third-order valence-corrected chi connectivity index (χ3v) is 5.23. The summed E-state index contributed by atoms with van der Waals surface area (Å²) in [6.45, 7) is 0.903. The van der Waals surface area contributed by atoms with Gasteiger partial charge in [0.1, 0.15) is 12.4 Å². The zero-order chi connectivity index (χ0) is 17.5. The van der Waals surface area contributed by atoms with Crippen LogP contribution < -0.4 is 10.1 Å². The zero-order valence-electron chi connectivity index (χ0n) is 13.7. The number of ether oxygens (including phenoxy) is 1. The molecular formula is C17H18N4O2S2. The normalized spacial score (nSPS) is 10.6. The second kappa shape index (κ2) is 8.68. The Morgan fingerprint density at radius 3 is 2.84 bits per heavy atom. The number of aromatic nitrogens is 3. The van der Waals surface area contributed by atoms with Gasteiger partial charge in [0.2, 0.25) is 5.91 Å². The van der Waals surface area contributed by atoms with Crippen LogP contribution in [0.1, 0.15) is 0 Å². The van der Waals surface area contributed by atoms with Crippen molar-refractivity contribution < 1.29 is 9.53 Å². The predicted octanol–water partition coefficient (Wildman–Crippen LogP) is 2.83. The maximum atomic E-state index is 11.9. The maximum Gasteiger partial charge on any atom is 0.230 e. The number of thioether (sulfide) groups is 1. The van der Waals surface area contributed by atoms with Crippen molar-refractivity contribution in [3.8, 4) is 16.5 Å². The topological polar surface area (TPSA) is 69.0 Å². The van der Waals surface area contributed by atoms with E-state index in [0.717, 1.165) is 21.6 Å². The molecule has 3 rings (SSSR count). The highest BCUT2D eigenvalue weighted by Crippen LogP contribution is 2.25. The number of hydrogen-bond donors (Lipinski definition) is 1. The van der Waals surface area contributed by atoms with Crippen molar-refractivity contribution in [3.05, 3.63) is 47.8 Å². The summed E-state index contributed by atoms with van der Waals surface area (Å²) in [5.74, 6) is 1.85. The van der Waals surface area contributed by atoms with Crippen LogP contribution in [0.4, 0.5) is 0 Å². The van der Waals surface area contributed by atoms with Gasteiger partial charge in [-0.25, -0.2) is 0 Å². The van der Waals surface area contributed by atoms with Crippen molar-refractivity contribution in [2.45, 2.75) is 5.16 Å². The number of para-hydroxylation sites is 1. The lowest BCUT2D eigenvalue weighted by Crippen LogP contribution is -2.29. The number of thiophene rings is 1. The van der Waals surface area contributed by atoms with Crippen molar-refractivity contribution in [2.75, 3.05) is 18.9 Å². The highest BCUT2D eigenvalue weighted by molar-refractivity contribution is 7.99. The summed E-state index contributed by atoms with van der Waals surface area (Å²) in [7, 11) is 1.91. The van der Waals surface area contributed by atoms with Crippen LogP contribution >= 0.6 is 23.1 Å².